The Balaban J connectivity index is 2.97. The fourth-order valence-corrected chi connectivity index (χ4v) is 4.42. The van der Waals surface area contributed by atoms with E-state index in [1.54, 1.807) is 6.92 Å². The molecule has 0 amide bonds. The summed E-state index contributed by atoms with van der Waals surface area (Å²) in [5.41, 5.74) is 0. The average molecular weight is 385 g/mol. The van der Waals surface area contributed by atoms with E-state index in [1.807, 2.05) is 18.7 Å². The van der Waals surface area contributed by atoms with Crippen LogP contribution in [0.4, 0.5) is 8.78 Å². The third-order valence-corrected chi connectivity index (χ3v) is 5.57. The second-order valence-electron chi connectivity index (χ2n) is 4.71. The molecule has 0 radical (unpaired) electrons. The van der Waals surface area contributed by atoms with E-state index in [-0.39, 0.29) is 4.47 Å². The van der Waals surface area contributed by atoms with Gasteiger partial charge in [0.25, 0.3) is 0 Å². The van der Waals surface area contributed by atoms with Crippen molar-refractivity contribution in [2.75, 3.05) is 19.6 Å². The van der Waals surface area contributed by atoms with E-state index in [4.69, 9.17) is 0 Å². The summed E-state index contributed by atoms with van der Waals surface area (Å²) < 4.78 is 53.5. The minimum Gasteiger partial charge on any atom is -0.302 e. The van der Waals surface area contributed by atoms with Crippen molar-refractivity contribution in [2.45, 2.75) is 31.7 Å². The summed E-state index contributed by atoms with van der Waals surface area (Å²) in [6.45, 7) is 7.73. The molecule has 0 spiro atoms. The molecule has 1 rings (SSSR count). The highest BCUT2D eigenvalue weighted by Crippen LogP contribution is 2.26. The van der Waals surface area contributed by atoms with Gasteiger partial charge in [0.2, 0.25) is 10.0 Å². The van der Waals surface area contributed by atoms with Gasteiger partial charge in [-0.05, 0) is 42.0 Å². The number of nitrogens with one attached hydrogen (secondary N) is 1. The van der Waals surface area contributed by atoms with Crippen LogP contribution in [-0.4, -0.2) is 39.0 Å². The standard InChI is InChI=1S/C13H19BrF2N2O2S/c1-4-18(5-2)8-9(3)17-21(19,20)13-11(14)6-10(15)7-12(13)16/h6-7,9,17H,4-5,8H2,1-3H3. The number of hydrogen-bond acceptors (Lipinski definition) is 3. The molecule has 4 nitrogen and oxygen atoms in total. The molecule has 1 aromatic rings. The second-order valence-corrected chi connectivity index (χ2v) is 7.21. The van der Waals surface area contributed by atoms with Crippen LogP contribution in [0.5, 0.6) is 0 Å². The van der Waals surface area contributed by atoms with Gasteiger partial charge in [-0.2, -0.15) is 0 Å². The first kappa shape index (κ1) is 18.5. The molecule has 8 heteroatoms. The number of nitrogens with zero attached hydrogens (tertiary/aromatic N) is 1. The zero-order chi connectivity index (χ0) is 16.2. The van der Waals surface area contributed by atoms with Crippen molar-refractivity contribution >= 4 is 26.0 Å². The maximum absolute atomic E-state index is 13.8. The second kappa shape index (κ2) is 7.62. The number of likely N-dealkylation sites (N-methyl/N-ethyl adjacent to an activating group) is 1. The zero-order valence-electron chi connectivity index (χ0n) is 12.2. The summed E-state index contributed by atoms with van der Waals surface area (Å²) in [6, 6.07) is 1.08. The molecule has 0 aliphatic rings. The van der Waals surface area contributed by atoms with E-state index in [1.165, 1.54) is 0 Å². The Labute approximate surface area is 132 Å². The summed E-state index contributed by atoms with van der Waals surface area (Å²) in [5.74, 6) is -1.96. The van der Waals surface area contributed by atoms with Crippen molar-refractivity contribution in [2.24, 2.45) is 0 Å². The fraction of sp³-hybridized carbons (Fsp3) is 0.538. The quantitative estimate of drug-likeness (QED) is 0.786. The van der Waals surface area contributed by atoms with Crippen LogP contribution in [-0.2, 0) is 10.0 Å². The maximum atomic E-state index is 13.8. The first-order chi connectivity index (χ1) is 9.71. The van der Waals surface area contributed by atoms with E-state index in [2.05, 4.69) is 20.7 Å². The van der Waals surface area contributed by atoms with Gasteiger partial charge in [-0.15, -0.1) is 0 Å². The van der Waals surface area contributed by atoms with Crippen molar-refractivity contribution < 1.29 is 17.2 Å². The van der Waals surface area contributed by atoms with Crippen molar-refractivity contribution in [1.82, 2.24) is 9.62 Å². The van der Waals surface area contributed by atoms with Gasteiger partial charge in [-0.25, -0.2) is 21.9 Å². The van der Waals surface area contributed by atoms with Gasteiger partial charge in [-0.1, -0.05) is 13.8 Å². The van der Waals surface area contributed by atoms with Crippen LogP contribution in [0.3, 0.4) is 0 Å². The highest BCUT2D eigenvalue weighted by atomic mass is 79.9. The Morgan fingerprint density at radius 1 is 1.29 bits per heavy atom. The molecule has 0 fully saturated rings. The van der Waals surface area contributed by atoms with Gasteiger partial charge in [-0.3, -0.25) is 0 Å². The molecule has 120 valence electrons. The molecule has 1 aromatic carbocycles. The summed E-state index contributed by atoms with van der Waals surface area (Å²) in [4.78, 5) is 1.47. The van der Waals surface area contributed by atoms with Crippen molar-refractivity contribution in [3.05, 3.63) is 28.2 Å². The SMILES string of the molecule is CCN(CC)CC(C)NS(=O)(=O)c1c(F)cc(F)cc1Br. The first-order valence-corrected chi connectivity index (χ1v) is 8.88. The number of halogens is 3. The molecule has 21 heavy (non-hydrogen) atoms. The van der Waals surface area contributed by atoms with E-state index in [0.717, 1.165) is 19.2 Å². The minimum atomic E-state index is -4.06. The Kier molecular flexibility index (Phi) is 6.71. The van der Waals surface area contributed by atoms with Gasteiger partial charge in [0.15, 0.2) is 0 Å². The average Bonchev–Trinajstić information content (AvgIpc) is 2.33. The van der Waals surface area contributed by atoms with Gasteiger partial charge >= 0.3 is 0 Å². The van der Waals surface area contributed by atoms with Crippen molar-refractivity contribution in [3.63, 3.8) is 0 Å². The lowest BCUT2D eigenvalue weighted by Gasteiger charge is -2.23. The number of rotatable bonds is 7. The van der Waals surface area contributed by atoms with Crippen LogP contribution in [0.2, 0.25) is 0 Å². The predicted molar refractivity (Wildman–Crippen MR) is 81.6 cm³/mol. The highest BCUT2D eigenvalue weighted by Gasteiger charge is 2.25. The third-order valence-electron chi connectivity index (χ3n) is 3.01. The molecule has 0 bridgehead atoms. The van der Waals surface area contributed by atoms with E-state index >= 15 is 0 Å². The lowest BCUT2D eigenvalue weighted by molar-refractivity contribution is 0.282. The predicted octanol–water partition coefficient (Wildman–Crippen LogP) is 2.74. The molecule has 0 saturated carbocycles. The molecule has 0 aliphatic heterocycles. The topological polar surface area (TPSA) is 49.4 Å². The summed E-state index contributed by atoms with van der Waals surface area (Å²) in [7, 11) is -4.06. The fourth-order valence-electron chi connectivity index (χ4n) is 2.02. The smallest absolute Gasteiger partial charge is 0.244 e. The summed E-state index contributed by atoms with van der Waals surface area (Å²) in [6.07, 6.45) is 0. The number of benzene rings is 1. The van der Waals surface area contributed by atoms with Gasteiger partial charge in [0, 0.05) is 23.1 Å². The lowest BCUT2D eigenvalue weighted by Crippen LogP contribution is -2.42. The molecule has 0 aromatic heterocycles. The Hall–Kier alpha value is -0.570. The lowest BCUT2D eigenvalue weighted by atomic mass is 10.3. The number of hydrogen-bond donors (Lipinski definition) is 1. The zero-order valence-corrected chi connectivity index (χ0v) is 14.6. The molecular formula is C13H19BrF2N2O2S. The van der Waals surface area contributed by atoms with Crippen LogP contribution < -0.4 is 4.72 Å². The molecule has 1 unspecified atom stereocenters. The van der Waals surface area contributed by atoms with Crippen molar-refractivity contribution in [1.29, 1.82) is 0 Å². The highest BCUT2D eigenvalue weighted by molar-refractivity contribution is 9.10. The van der Waals surface area contributed by atoms with E-state index in [0.29, 0.717) is 12.6 Å². The summed E-state index contributed by atoms with van der Waals surface area (Å²) in [5, 5.41) is 0. The number of sulfonamides is 1. The molecule has 0 heterocycles. The van der Waals surface area contributed by atoms with E-state index in [9.17, 15) is 17.2 Å². The monoisotopic (exact) mass is 384 g/mol. The van der Waals surface area contributed by atoms with Crippen molar-refractivity contribution in [3.8, 4) is 0 Å². The maximum Gasteiger partial charge on any atom is 0.244 e. The Morgan fingerprint density at radius 3 is 2.33 bits per heavy atom. The molecule has 1 N–H and O–H groups in total. The Morgan fingerprint density at radius 2 is 1.86 bits per heavy atom. The third kappa shape index (κ3) is 4.98. The molecule has 0 aliphatic carbocycles. The van der Waals surface area contributed by atoms with Crippen LogP contribution in [0.15, 0.2) is 21.5 Å². The van der Waals surface area contributed by atoms with Gasteiger partial charge < -0.3 is 4.90 Å². The molecule has 0 saturated heterocycles. The summed E-state index contributed by atoms with van der Waals surface area (Å²) >= 11 is 2.89. The van der Waals surface area contributed by atoms with Gasteiger partial charge in [0.05, 0.1) is 0 Å². The van der Waals surface area contributed by atoms with Crippen LogP contribution >= 0.6 is 15.9 Å². The van der Waals surface area contributed by atoms with Crippen LogP contribution in [0, 0.1) is 11.6 Å². The normalized spacial score (nSPS) is 13.7. The Bertz CT molecular complexity index is 569. The first-order valence-electron chi connectivity index (χ1n) is 6.60. The van der Waals surface area contributed by atoms with Crippen LogP contribution in [0.1, 0.15) is 20.8 Å². The molecular weight excluding hydrogens is 366 g/mol. The molecule has 1 atom stereocenters. The van der Waals surface area contributed by atoms with Gasteiger partial charge in [0.1, 0.15) is 16.5 Å². The van der Waals surface area contributed by atoms with E-state index < -0.39 is 32.6 Å². The minimum absolute atomic E-state index is 0.137. The largest absolute Gasteiger partial charge is 0.302 e. The van der Waals surface area contributed by atoms with Crippen LogP contribution in [0.25, 0.3) is 0 Å².